The van der Waals surface area contributed by atoms with Crippen molar-refractivity contribution in [3.63, 3.8) is 0 Å². The molecule has 0 bridgehead atoms. The summed E-state index contributed by atoms with van der Waals surface area (Å²) >= 11 is 0. The lowest BCUT2D eigenvalue weighted by molar-refractivity contribution is -0.122. The van der Waals surface area contributed by atoms with Crippen molar-refractivity contribution in [3.8, 4) is 22.8 Å². The SMILES string of the molecule is COc1cccc(NC(=O)C(C)Oc2ccc(-c3cnc4ccccc4n3)cc2)c1. The Hall–Kier alpha value is -3.93. The molecule has 30 heavy (non-hydrogen) atoms. The van der Waals surface area contributed by atoms with Crippen LogP contribution in [0.2, 0.25) is 0 Å². The van der Waals surface area contributed by atoms with Crippen LogP contribution >= 0.6 is 0 Å². The van der Waals surface area contributed by atoms with Crippen molar-refractivity contribution >= 4 is 22.6 Å². The molecule has 1 amide bonds. The number of aromatic nitrogens is 2. The Bertz CT molecular complexity index is 1180. The average molecular weight is 399 g/mol. The number of fused-ring (bicyclic) bond motifs is 1. The second-order valence-electron chi connectivity index (χ2n) is 6.75. The molecule has 0 spiro atoms. The summed E-state index contributed by atoms with van der Waals surface area (Å²) in [5.41, 5.74) is 4.06. The van der Waals surface area contributed by atoms with Crippen LogP contribution in [0, 0.1) is 0 Å². The van der Waals surface area contributed by atoms with E-state index in [4.69, 9.17) is 9.47 Å². The lowest BCUT2D eigenvalue weighted by atomic mass is 10.1. The maximum absolute atomic E-state index is 12.4. The summed E-state index contributed by atoms with van der Waals surface area (Å²) in [4.78, 5) is 21.5. The lowest BCUT2D eigenvalue weighted by Crippen LogP contribution is -2.30. The molecule has 0 aliphatic carbocycles. The lowest BCUT2D eigenvalue weighted by Gasteiger charge is -2.15. The molecule has 6 nitrogen and oxygen atoms in total. The quantitative estimate of drug-likeness (QED) is 0.508. The normalized spacial score (nSPS) is 11.7. The van der Waals surface area contributed by atoms with Crippen molar-refractivity contribution in [3.05, 3.63) is 79.0 Å². The molecule has 1 atom stereocenters. The van der Waals surface area contributed by atoms with Crippen LogP contribution in [0.25, 0.3) is 22.3 Å². The van der Waals surface area contributed by atoms with Gasteiger partial charge in [0.1, 0.15) is 11.5 Å². The average Bonchev–Trinajstić information content (AvgIpc) is 2.79. The second kappa shape index (κ2) is 8.61. The van der Waals surface area contributed by atoms with Gasteiger partial charge in [0.15, 0.2) is 6.10 Å². The van der Waals surface area contributed by atoms with E-state index in [1.54, 1.807) is 32.4 Å². The summed E-state index contributed by atoms with van der Waals surface area (Å²) in [5, 5.41) is 2.83. The minimum atomic E-state index is -0.664. The molecule has 6 heteroatoms. The number of methoxy groups -OCH3 is 1. The van der Waals surface area contributed by atoms with E-state index in [1.807, 2.05) is 60.7 Å². The van der Waals surface area contributed by atoms with E-state index >= 15 is 0 Å². The first-order chi connectivity index (χ1) is 14.6. The topological polar surface area (TPSA) is 73.3 Å². The fourth-order valence-electron chi connectivity index (χ4n) is 3.00. The Balaban J connectivity index is 1.42. The van der Waals surface area contributed by atoms with Gasteiger partial charge in [0.25, 0.3) is 5.91 Å². The smallest absolute Gasteiger partial charge is 0.265 e. The fourth-order valence-corrected chi connectivity index (χ4v) is 3.00. The highest BCUT2D eigenvalue weighted by Gasteiger charge is 2.15. The molecule has 0 saturated carbocycles. The predicted octanol–water partition coefficient (Wildman–Crippen LogP) is 4.71. The number of amides is 1. The molecule has 0 aliphatic rings. The Kier molecular flexibility index (Phi) is 5.57. The molecule has 1 unspecified atom stereocenters. The molecule has 0 fully saturated rings. The summed E-state index contributed by atoms with van der Waals surface area (Å²) in [5.74, 6) is 1.03. The molecule has 1 aromatic heterocycles. The molecular weight excluding hydrogens is 378 g/mol. The van der Waals surface area contributed by atoms with Crippen LogP contribution in [-0.4, -0.2) is 29.1 Å². The molecular formula is C24H21N3O3. The summed E-state index contributed by atoms with van der Waals surface area (Å²) in [7, 11) is 1.58. The van der Waals surface area contributed by atoms with E-state index in [2.05, 4.69) is 15.3 Å². The van der Waals surface area contributed by atoms with Crippen molar-refractivity contribution < 1.29 is 14.3 Å². The molecule has 4 aromatic rings. The number of nitrogens with one attached hydrogen (secondary N) is 1. The number of carbonyl (C=O) groups excluding carboxylic acids is 1. The molecule has 1 heterocycles. The first kappa shape index (κ1) is 19.4. The number of carbonyl (C=O) groups is 1. The zero-order valence-electron chi connectivity index (χ0n) is 16.7. The van der Waals surface area contributed by atoms with Gasteiger partial charge in [-0.3, -0.25) is 9.78 Å². The number of ether oxygens (including phenoxy) is 2. The van der Waals surface area contributed by atoms with Gasteiger partial charge in [0.2, 0.25) is 0 Å². The van der Waals surface area contributed by atoms with E-state index in [-0.39, 0.29) is 5.91 Å². The number of benzene rings is 3. The van der Waals surface area contributed by atoms with Crippen LogP contribution in [0.15, 0.2) is 79.0 Å². The molecule has 3 aromatic carbocycles. The molecule has 0 radical (unpaired) electrons. The number of para-hydroxylation sites is 2. The molecule has 0 aliphatic heterocycles. The van der Waals surface area contributed by atoms with Crippen LogP contribution in [0.5, 0.6) is 11.5 Å². The van der Waals surface area contributed by atoms with Gasteiger partial charge >= 0.3 is 0 Å². The van der Waals surface area contributed by atoms with Crippen molar-refractivity contribution in [2.24, 2.45) is 0 Å². The van der Waals surface area contributed by atoms with Crippen LogP contribution in [0.1, 0.15) is 6.92 Å². The highest BCUT2D eigenvalue weighted by atomic mass is 16.5. The van der Waals surface area contributed by atoms with Gasteiger partial charge in [0.05, 0.1) is 30.0 Å². The summed E-state index contributed by atoms with van der Waals surface area (Å²) in [6.45, 7) is 1.71. The van der Waals surface area contributed by atoms with E-state index in [1.165, 1.54) is 0 Å². The van der Waals surface area contributed by atoms with E-state index in [9.17, 15) is 4.79 Å². The van der Waals surface area contributed by atoms with E-state index in [0.29, 0.717) is 17.2 Å². The first-order valence-corrected chi connectivity index (χ1v) is 9.56. The number of anilines is 1. The number of rotatable bonds is 6. The Morgan fingerprint density at radius 1 is 0.933 bits per heavy atom. The van der Waals surface area contributed by atoms with Crippen LogP contribution in [-0.2, 0) is 4.79 Å². The standard InChI is InChI=1S/C24H21N3O3/c1-16(24(28)26-18-6-5-7-20(14-18)29-2)30-19-12-10-17(11-13-19)23-15-25-21-8-3-4-9-22(21)27-23/h3-16H,1-2H3,(H,26,28). The maximum atomic E-state index is 12.4. The first-order valence-electron chi connectivity index (χ1n) is 9.56. The van der Waals surface area contributed by atoms with Crippen LogP contribution in [0.3, 0.4) is 0 Å². The third-order valence-corrected chi connectivity index (χ3v) is 4.62. The van der Waals surface area contributed by atoms with Crippen molar-refractivity contribution in [2.45, 2.75) is 13.0 Å². The van der Waals surface area contributed by atoms with Gasteiger partial charge in [-0.05, 0) is 55.5 Å². The van der Waals surface area contributed by atoms with Crippen LogP contribution in [0.4, 0.5) is 5.69 Å². The Morgan fingerprint density at radius 3 is 2.47 bits per heavy atom. The van der Waals surface area contributed by atoms with Gasteiger partial charge in [-0.2, -0.15) is 0 Å². The van der Waals surface area contributed by atoms with Crippen molar-refractivity contribution in [2.75, 3.05) is 12.4 Å². The largest absolute Gasteiger partial charge is 0.497 e. The minimum Gasteiger partial charge on any atom is -0.497 e. The summed E-state index contributed by atoms with van der Waals surface area (Å²) in [6, 6.07) is 22.4. The second-order valence-corrected chi connectivity index (χ2v) is 6.75. The fraction of sp³-hybridized carbons (Fsp3) is 0.125. The van der Waals surface area contributed by atoms with Gasteiger partial charge in [-0.1, -0.05) is 18.2 Å². The highest BCUT2D eigenvalue weighted by Crippen LogP contribution is 2.23. The zero-order chi connectivity index (χ0) is 20.9. The van der Waals surface area contributed by atoms with E-state index in [0.717, 1.165) is 22.3 Å². The van der Waals surface area contributed by atoms with Crippen molar-refractivity contribution in [1.82, 2.24) is 9.97 Å². The molecule has 150 valence electrons. The van der Waals surface area contributed by atoms with Crippen molar-refractivity contribution in [1.29, 1.82) is 0 Å². The minimum absolute atomic E-state index is 0.243. The number of hydrogen-bond acceptors (Lipinski definition) is 5. The highest BCUT2D eigenvalue weighted by molar-refractivity contribution is 5.94. The zero-order valence-corrected chi connectivity index (χ0v) is 16.7. The van der Waals surface area contributed by atoms with Gasteiger partial charge in [-0.15, -0.1) is 0 Å². The number of hydrogen-bond donors (Lipinski definition) is 1. The summed E-state index contributed by atoms with van der Waals surface area (Å²) in [6.07, 6.45) is 1.09. The monoisotopic (exact) mass is 399 g/mol. The maximum Gasteiger partial charge on any atom is 0.265 e. The third kappa shape index (κ3) is 4.38. The van der Waals surface area contributed by atoms with Crippen LogP contribution < -0.4 is 14.8 Å². The molecule has 0 saturated heterocycles. The van der Waals surface area contributed by atoms with Gasteiger partial charge in [-0.25, -0.2) is 4.98 Å². The molecule has 1 N–H and O–H groups in total. The number of nitrogens with zero attached hydrogens (tertiary/aromatic N) is 2. The Labute approximate surface area is 174 Å². The summed E-state index contributed by atoms with van der Waals surface area (Å²) < 4.78 is 11.0. The Morgan fingerprint density at radius 2 is 1.70 bits per heavy atom. The van der Waals surface area contributed by atoms with Gasteiger partial charge < -0.3 is 14.8 Å². The van der Waals surface area contributed by atoms with Gasteiger partial charge in [0, 0.05) is 17.3 Å². The predicted molar refractivity (Wildman–Crippen MR) is 117 cm³/mol. The molecule has 4 rings (SSSR count). The van der Waals surface area contributed by atoms with E-state index < -0.39 is 6.10 Å². The third-order valence-electron chi connectivity index (χ3n) is 4.62.